The van der Waals surface area contributed by atoms with Crippen molar-refractivity contribution in [3.05, 3.63) is 34.5 Å². The average molecular weight is 579 g/mol. The number of aromatic nitrogens is 3. The second-order valence-corrected chi connectivity index (χ2v) is 10.7. The molecule has 13 heteroatoms. The van der Waals surface area contributed by atoms with Gasteiger partial charge in [-0.1, -0.05) is 52.1 Å². The molecule has 0 saturated heterocycles. The Morgan fingerprint density at radius 1 is 1.24 bits per heavy atom. The second kappa shape index (κ2) is 13.5. The van der Waals surface area contributed by atoms with Crippen molar-refractivity contribution in [2.45, 2.75) is 72.4 Å². The van der Waals surface area contributed by atoms with Gasteiger partial charge < -0.3 is 10.1 Å². The third-order valence-corrected chi connectivity index (χ3v) is 7.19. The van der Waals surface area contributed by atoms with Crippen LogP contribution in [0.25, 0.3) is 5.82 Å². The first-order valence-electron chi connectivity index (χ1n) is 12.4. The Bertz CT molecular complexity index is 1140. The fraction of sp³-hybridized carbons (Fsp3) is 0.640. The van der Waals surface area contributed by atoms with Crippen LogP contribution < -0.4 is 10.1 Å². The molecular weight excluding hydrogens is 545 g/mol. The maximum Gasteiger partial charge on any atom is 0.394 e. The molecular formula is C25H34ClF3N4O4S. The Labute approximate surface area is 229 Å². The number of amides is 1. The summed E-state index contributed by atoms with van der Waals surface area (Å²) in [5, 5.41) is 3.05. The molecule has 212 valence electrons. The molecule has 0 aromatic carbocycles. The van der Waals surface area contributed by atoms with Crippen molar-refractivity contribution in [1.29, 1.82) is 0 Å². The molecule has 0 aliphatic heterocycles. The smallest absolute Gasteiger partial charge is 0.394 e. The van der Waals surface area contributed by atoms with E-state index in [1.807, 2.05) is 6.92 Å². The number of imidazole rings is 1. The maximum atomic E-state index is 13.4. The standard InChI is InChI=1S/C25H34ClF3N4O2.O2S/c1-6-19-32-20(23(34)31-13-16-9-7-15(2)8-10-16)21(26)33(19)22-18(35-5)11-17(14-30-22)12-24(3,4)25(27,28)29;1-3-2/h11,14-16H,6-10,12-13H2,1-5H3,(H,31,34);. The van der Waals surface area contributed by atoms with Gasteiger partial charge in [0.15, 0.2) is 17.3 Å². The largest absolute Gasteiger partial charge is 0.493 e. The summed E-state index contributed by atoms with van der Waals surface area (Å²) < 4.78 is 63.6. The number of pyridine rings is 1. The summed E-state index contributed by atoms with van der Waals surface area (Å²) in [6.45, 7) is 6.98. The number of hydrogen-bond acceptors (Lipinski definition) is 6. The van der Waals surface area contributed by atoms with Gasteiger partial charge in [-0.25, -0.2) is 9.97 Å². The zero-order valence-electron chi connectivity index (χ0n) is 22.2. The van der Waals surface area contributed by atoms with Crippen LogP contribution >= 0.6 is 11.6 Å². The molecule has 8 nitrogen and oxygen atoms in total. The zero-order valence-corrected chi connectivity index (χ0v) is 23.7. The molecule has 0 radical (unpaired) electrons. The molecule has 2 heterocycles. The number of hydrogen-bond donors (Lipinski definition) is 1. The van der Waals surface area contributed by atoms with Gasteiger partial charge in [0.2, 0.25) is 0 Å². The van der Waals surface area contributed by atoms with Crippen LogP contribution in [-0.4, -0.2) is 48.7 Å². The molecule has 0 atom stereocenters. The van der Waals surface area contributed by atoms with Crippen molar-refractivity contribution < 1.29 is 31.1 Å². The number of carbonyl (C=O) groups excluding carboxylic acids is 1. The van der Waals surface area contributed by atoms with Gasteiger partial charge in [-0.15, -0.1) is 0 Å². The first kappa shape index (κ1) is 31.7. The number of nitrogens with one attached hydrogen (secondary N) is 1. The van der Waals surface area contributed by atoms with E-state index >= 15 is 0 Å². The van der Waals surface area contributed by atoms with E-state index in [0.29, 0.717) is 30.3 Å². The van der Waals surface area contributed by atoms with Gasteiger partial charge in [0.25, 0.3) is 5.91 Å². The van der Waals surface area contributed by atoms with Crippen molar-refractivity contribution in [3.8, 4) is 11.6 Å². The molecule has 1 aliphatic carbocycles. The summed E-state index contributed by atoms with van der Waals surface area (Å²) in [6.07, 6.45) is 1.72. The van der Waals surface area contributed by atoms with E-state index in [4.69, 9.17) is 24.8 Å². The highest BCUT2D eigenvalue weighted by Crippen LogP contribution is 2.41. The van der Waals surface area contributed by atoms with Crippen LogP contribution in [0.1, 0.15) is 75.3 Å². The van der Waals surface area contributed by atoms with Crippen molar-refractivity contribution in [1.82, 2.24) is 19.9 Å². The lowest BCUT2D eigenvalue weighted by Crippen LogP contribution is -2.34. The molecule has 1 saturated carbocycles. The third-order valence-electron chi connectivity index (χ3n) is 6.84. The number of methoxy groups -OCH3 is 1. The second-order valence-electron chi connectivity index (χ2n) is 10.2. The number of halogens is 4. The number of rotatable bonds is 8. The predicted molar refractivity (Wildman–Crippen MR) is 138 cm³/mol. The minimum atomic E-state index is -4.36. The van der Waals surface area contributed by atoms with Crippen LogP contribution in [0, 0.1) is 17.3 Å². The summed E-state index contributed by atoms with van der Waals surface area (Å²) >= 11 is 5.86. The van der Waals surface area contributed by atoms with E-state index in [2.05, 4.69) is 22.2 Å². The average Bonchev–Trinajstić information content (AvgIpc) is 3.19. The molecule has 1 aliphatic rings. The topological polar surface area (TPSA) is 103 Å². The summed E-state index contributed by atoms with van der Waals surface area (Å²) in [5.74, 6) is 1.84. The van der Waals surface area contributed by atoms with Crippen molar-refractivity contribution in [3.63, 3.8) is 0 Å². The number of nitrogens with zero attached hydrogens (tertiary/aromatic N) is 3. The van der Waals surface area contributed by atoms with Gasteiger partial charge in [0.1, 0.15) is 11.0 Å². The van der Waals surface area contributed by atoms with Crippen LogP contribution in [0.4, 0.5) is 13.2 Å². The van der Waals surface area contributed by atoms with E-state index in [0.717, 1.165) is 45.4 Å². The Morgan fingerprint density at radius 2 is 1.84 bits per heavy atom. The molecule has 0 bridgehead atoms. The predicted octanol–water partition coefficient (Wildman–Crippen LogP) is 5.51. The van der Waals surface area contributed by atoms with Crippen molar-refractivity contribution in [2.75, 3.05) is 13.7 Å². The first-order valence-corrected chi connectivity index (χ1v) is 13.4. The molecule has 2 aromatic heterocycles. The minimum Gasteiger partial charge on any atom is -0.493 e. The lowest BCUT2D eigenvalue weighted by Gasteiger charge is -2.27. The molecule has 0 spiro atoms. The van der Waals surface area contributed by atoms with Crippen molar-refractivity contribution in [2.24, 2.45) is 17.3 Å². The fourth-order valence-corrected chi connectivity index (χ4v) is 4.70. The van der Waals surface area contributed by atoms with E-state index in [-0.39, 0.29) is 34.7 Å². The fourth-order valence-electron chi connectivity index (χ4n) is 4.40. The van der Waals surface area contributed by atoms with Crippen LogP contribution in [-0.2, 0) is 24.4 Å². The normalized spacial score (nSPS) is 17.8. The summed E-state index contributed by atoms with van der Waals surface area (Å²) in [7, 11) is 1.41. The summed E-state index contributed by atoms with van der Waals surface area (Å²) in [4.78, 5) is 21.7. The highest BCUT2D eigenvalue weighted by atomic mass is 35.5. The lowest BCUT2D eigenvalue weighted by molar-refractivity contribution is -0.211. The monoisotopic (exact) mass is 578 g/mol. The third kappa shape index (κ3) is 7.78. The summed E-state index contributed by atoms with van der Waals surface area (Å²) in [5.41, 5.74) is -1.45. The first-order chi connectivity index (χ1) is 17.8. The summed E-state index contributed by atoms with van der Waals surface area (Å²) in [6, 6.07) is 1.52. The van der Waals surface area contributed by atoms with Crippen LogP contribution in [0.5, 0.6) is 5.75 Å². The molecule has 1 fully saturated rings. The zero-order chi connectivity index (χ0) is 28.7. The maximum absolute atomic E-state index is 13.4. The van der Waals surface area contributed by atoms with Gasteiger partial charge in [-0.05, 0) is 42.7 Å². The van der Waals surface area contributed by atoms with E-state index in [1.54, 1.807) is 0 Å². The molecule has 1 N–H and O–H groups in total. The lowest BCUT2D eigenvalue weighted by atomic mass is 9.83. The van der Waals surface area contributed by atoms with Crippen LogP contribution in [0.3, 0.4) is 0 Å². The molecule has 0 unspecified atom stereocenters. The van der Waals surface area contributed by atoms with Gasteiger partial charge in [-0.2, -0.15) is 21.6 Å². The van der Waals surface area contributed by atoms with Gasteiger partial charge >= 0.3 is 17.7 Å². The Kier molecular flexibility index (Phi) is 11.3. The Balaban J connectivity index is 0.00000161. The van der Waals surface area contributed by atoms with Crippen LogP contribution in [0.2, 0.25) is 5.15 Å². The Morgan fingerprint density at radius 3 is 2.37 bits per heavy atom. The molecule has 2 aromatic rings. The number of aryl methyl sites for hydroxylation is 1. The van der Waals surface area contributed by atoms with E-state index < -0.39 is 23.2 Å². The van der Waals surface area contributed by atoms with Crippen molar-refractivity contribution >= 4 is 29.1 Å². The van der Waals surface area contributed by atoms with E-state index in [9.17, 15) is 18.0 Å². The van der Waals surface area contributed by atoms with Gasteiger partial charge in [-0.3, -0.25) is 9.36 Å². The van der Waals surface area contributed by atoms with Gasteiger partial charge in [0, 0.05) is 19.2 Å². The molecule has 1 amide bonds. The number of carbonyl (C=O) groups is 1. The molecule has 3 rings (SSSR count). The Hall–Kier alpha value is -2.47. The highest BCUT2D eigenvalue weighted by molar-refractivity contribution is 7.51. The molecule has 38 heavy (non-hydrogen) atoms. The highest BCUT2D eigenvalue weighted by Gasteiger charge is 2.47. The number of alkyl halides is 3. The number of ether oxygens (including phenoxy) is 1. The quantitative estimate of drug-likeness (QED) is 0.443. The van der Waals surface area contributed by atoms with Crippen LogP contribution in [0.15, 0.2) is 12.3 Å². The van der Waals surface area contributed by atoms with E-state index in [1.165, 1.54) is 23.9 Å². The minimum absolute atomic E-state index is 0.0887. The van der Waals surface area contributed by atoms with Gasteiger partial charge in [0.05, 0.1) is 12.5 Å². The SMILES string of the molecule is CCc1nc(C(=O)NCC2CCC(C)CC2)c(Cl)n1-c1ncc(CC(C)(C)C(F)(F)F)cc1OC.O=S=O.